The first-order valence-corrected chi connectivity index (χ1v) is 3.57. The van der Waals surface area contributed by atoms with Crippen molar-refractivity contribution in [2.45, 2.75) is 0 Å². The summed E-state index contributed by atoms with van der Waals surface area (Å²) < 4.78 is 17.7. The zero-order valence-corrected chi connectivity index (χ0v) is 7.06. The van der Waals surface area contributed by atoms with Crippen LogP contribution in [0.15, 0.2) is 18.2 Å². The van der Waals surface area contributed by atoms with Crippen molar-refractivity contribution in [3.05, 3.63) is 29.6 Å². The number of methoxy groups -OCH3 is 1. The van der Waals surface area contributed by atoms with Gasteiger partial charge in [-0.15, -0.1) is 0 Å². The summed E-state index contributed by atoms with van der Waals surface area (Å²) in [5.74, 6) is -0.707. The third-order valence-electron chi connectivity index (χ3n) is 1.39. The predicted octanol–water partition coefficient (Wildman–Crippen LogP) is 2.21. The lowest BCUT2D eigenvalue weighted by Gasteiger charge is -2.02. The lowest BCUT2D eigenvalue weighted by atomic mass is 10.2. The van der Waals surface area contributed by atoms with E-state index >= 15 is 0 Å². The number of hydrogen-bond donors (Lipinski definition) is 0. The summed E-state index contributed by atoms with van der Waals surface area (Å²) in [4.78, 5) is 10.6. The SMILES string of the molecule is COc1cccc(C(=O)Cl)c1F. The van der Waals surface area contributed by atoms with E-state index in [1.165, 1.54) is 25.3 Å². The van der Waals surface area contributed by atoms with Gasteiger partial charge in [-0.25, -0.2) is 4.39 Å². The van der Waals surface area contributed by atoms with Crippen LogP contribution in [0.3, 0.4) is 0 Å². The zero-order chi connectivity index (χ0) is 9.14. The molecule has 0 saturated heterocycles. The van der Waals surface area contributed by atoms with E-state index in [9.17, 15) is 9.18 Å². The Kier molecular flexibility index (Phi) is 2.65. The quantitative estimate of drug-likeness (QED) is 0.666. The molecule has 0 aliphatic heterocycles. The summed E-state index contributed by atoms with van der Waals surface area (Å²) in [5.41, 5.74) is -0.170. The molecule has 0 aliphatic rings. The number of carbonyl (C=O) groups is 1. The first-order valence-electron chi connectivity index (χ1n) is 3.19. The van der Waals surface area contributed by atoms with Gasteiger partial charge in [0.15, 0.2) is 11.6 Å². The average Bonchev–Trinajstić information content (AvgIpc) is 2.04. The van der Waals surface area contributed by atoms with Crippen LogP contribution in [0.2, 0.25) is 0 Å². The van der Waals surface area contributed by atoms with Gasteiger partial charge in [0.05, 0.1) is 12.7 Å². The number of halogens is 2. The Morgan fingerprint density at radius 1 is 1.58 bits per heavy atom. The van der Waals surface area contributed by atoms with E-state index in [1.807, 2.05) is 0 Å². The third-order valence-corrected chi connectivity index (χ3v) is 1.60. The second-order valence-corrected chi connectivity index (χ2v) is 2.44. The Bertz CT molecular complexity index is 312. The van der Waals surface area contributed by atoms with Gasteiger partial charge >= 0.3 is 0 Å². The molecule has 0 atom stereocenters. The molecule has 64 valence electrons. The first kappa shape index (κ1) is 9.00. The van der Waals surface area contributed by atoms with Crippen molar-refractivity contribution >= 4 is 16.8 Å². The van der Waals surface area contributed by atoms with Gasteiger partial charge < -0.3 is 4.74 Å². The van der Waals surface area contributed by atoms with Crippen LogP contribution in [-0.4, -0.2) is 12.4 Å². The third kappa shape index (κ3) is 1.56. The Hall–Kier alpha value is -1.09. The molecule has 1 aromatic carbocycles. The van der Waals surface area contributed by atoms with E-state index < -0.39 is 11.1 Å². The molecule has 0 saturated carbocycles. The number of hydrogen-bond acceptors (Lipinski definition) is 2. The maximum atomic E-state index is 13.1. The minimum absolute atomic E-state index is 0.0153. The second-order valence-electron chi connectivity index (χ2n) is 2.10. The van der Waals surface area contributed by atoms with Crippen molar-refractivity contribution in [2.75, 3.05) is 7.11 Å². The molecule has 0 amide bonds. The fourth-order valence-electron chi connectivity index (χ4n) is 0.820. The van der Waals surface area contributed by atoms with Gasteiger partial charge in [-0.05, 0) is 23.7 Å². The fourth-order valence-corrected chi connectivity index (χ4v) is 0.966. The van der Waals surface area contributed by atoms with Gasteiger partial charge in [0.2, 0.25) is 0 Å². The topological polar surface area (TPSA) is 26.3 Å². The van der Waals surface area contributed by atoms with Gasteiger partial charge in [0.25, 0.3) is 5.24 Å². The van der Waals surface area contributed by atoms with E-state index in [-0.39, 0.29) is 11.3 Å². The van der Waals surface area contributed by atoms with Crippen molar-refractivity contribution in [2.24, 2.45) is 0 Å². The Balaban J connectivity index is 3.23. The highest BCUT2D eigenvalue weighted by atomic mass is 35.5. The molecular formula is C8H6ClFO2. The fraction of sp³-hybridized carbons (Fsp3) is 0.125. The smallest absolute Gasteiger partial charge is 0.255 e. The molecule has 0 spiro atoms. The Morgan fingerprint density at radius 3 is 2.75 bits per heavy atom. The molecule has 0 unspecified atom stereocenters. The van der Waals surface area contributed by atoms with Gasteiger partial charge in [-0.2, -0.15) is 0 Å². The molecule has 0 N–H and O–H groups in total. The summed E-state index contributed by atoms with van der Waals surface area (Å²) in [6, 6.07) is 4.21. The van der Waals surface area contributed by atoms with Crippen molar-refractivity contribution in [1.82, 2.24) is 0 Å². The predicted molar refractivity (Wildman–Crippen MR) is 43.1 cm³/mol. The molecule has 1 rings (SSSR count). The average molecular weight is 189 g/mol. The molecule has 12 heavy (non-hydrogen) atoms. The highest BCUT2D eigenvalue weighted by Crippen LogP contribution is 2.20. The number of carbonyl (C=O) groups excluding carboxylic acids is 1. The highest BCUT2D eigenvalue weighted by Gasteiger charge is 2.12. The van der Waals surface area contributed by atoms with Crippen molar-refractivity contribution < 1.29 is 13.9 Å². The molecule has 0 bridgehead atoms. The normalized spacial score (nSPS) is 9.58. The largest absolute Gasteiger partial charge is 0.494 e. The number of rotatable bonds is 2. The molecule has 0 fully saturated rings. The van der Waals surface area contributed by atoms with Crippen LogP contribution in [0.5, 0.6) is 5.75 Å². The van der Waals surface area contributed by atoms with E-state index in [0.29, 0.717) is 0 Å². The van der Waals surface area contributed by atoms with E-state index in [1.54, 1.807) is 0 Å². The summed E-state index contributed by atoms with van der Waals surface area (Å²) in [7, 11) is 1.32. The highest BCUT2D eigenvalue weighted by molar-refractivity contribution is 6.67. The minimum Gasteiger partial charge on any atom is -0.494 e. The molecular weight excluding hydrogens is 183 g/mol. The summed E-state index contributed by atoms with van der Waals surface area (Å²) in [6.45, 7) is 0. The standard InChI is InChI=1S/C8H6ClFO2/c1-12-6-4-2-3-5(7(6)10)8(9)11/h2-4H,1H3. The van der Waals surface area contributed by atoms with Crippen LogP contribution in [0.1, 0.15) is 10.4 Å². The van der Waals surface area contributed by atoms with Crippen LogP contribution in [0.4, 0.5) is 4.39 Å². The Labute approximate surface area is 73.9 Å². The lowest BCUT2D eigenvalue weighted by molar-refractivity contribution is 0.107. The lowest BCUT2D eigenvalue weighted by Crippen LogP contribution is -1.97. The molecule has 0 aliphatic carbocycles. The van der Waals surface area contributed by atoms with Crippen molar-refractivity contribution in [3.63, 3.8) is 0 Å². The van der Waals surface area contributed by atoms with Gasteiger partial charge in [-0.1, -0.05) is 6.07 Å². The van der Waals surface area contributed by atoms with Crippen molar-refractivity contribution in [3.8, 4) is 5.75 Å². The summed E-state index contributed by atoms with van der Waals surface area (Å²) in [6.07, 6.45) is 0. The van der Waals surface area contributed by atoms with Crippen LogP contribution < -0.4 is 4.74 Å². The van der Waals surface area contributed by atoms with E-state index in [4.69, 9.17) is 11.6 Å². The Morgan fingerprint density at radius 2 is 2.25 bits per heavy atom. The van der Waals surface area contributed by atoms with E-state index in [0.717, 1.165) is 0 Å². The second kappa shape index (κ2) is 3.54. The molecule has 0 radical (unpaired) electrons. The van der Waals surface area contributed by atoms with Crippen LogP contribution >= 0.6 is 11.6 Å². The first-order chi connectivity index (χ1) is 5.66. The maximum absolute atomic E-state index is 13.1. The molecule has 1 aromatic rings. The van der Waals surface area contributed by atoms with Crippen LogP contribution in [0.25, 0.3) is 0 Å². The summed E-state index contributed by atoms with van der Waals surface area (Å²) >= 11 is 5.10. The maximum Gasteiger partial charge on any atom is 0.255 e. The van der Waals surface area contributed by atoms with Crippen LogP contribution in [-0.2, 0) is 0 Å². The van der Waals surface area contributed by atoms with E-state index in [2.05, 4.69) is 4.74 Å². The molecule has 4 heteroatoms. The van der Waals surface area contributed by atoms with Crippen molar-refractivity contribution in [1.29, 1.82) is 0 Å². The number of benzene rings is 1. The van der Waals surface area contributed by atoms with Gasteiger partial charge in [0.1, 0.15) is 0 Å². The monoisotopic (exact) mass is 188 g/mol. The molecule has 0 heterocycles. The number of ether oxygens (including phenoxy) is 1. The zero-order valence-electron chi connectivity index (χ0n) is 6.30. The molecule has 0 aromatic heterocycles. The van der Waals surface area contributed by atoms with Gasteiger partial charge in [0, 0.05) is 0 Å². The molecule has 2 nitrogen and oxygen atoms in total. The minimum atomic E-state index is -0.827. The summed E-state index contributed by atoms with van der Waals surface area (Å²) in [5, 5.41) is -0.827. The van der Waals surface area contributed by atoms with Crippen LogP contribution in [0, 0.1) is 5.82 Å². The van der Waals surface area contributed by atoms with Gasteiger partial charge in [-0.3, -0.25) is 4.79 Å².